The van der Waals surface area contributed by atoms with Gasteiger partial charge in [0.05, 0.1) is 29.6 Å². The third kappa shape index (κ3) is 8.73. The van der Waals surface area contributed by atoms with Gasteiger partial charge in [-0.15, -0.1) is 6.58 Å². The molecule has 3 fully saturated rings. The average Bonchev–Trinajstić information content (AvgIpc) is 4.02. The lowest BCUT2D eigenvalue weighted by Gasteiger charge is -2.36. The third-order valence-electron chi connectivity index (χ3n) is 10.8. The van der Waals surface area contributed by atoms with Crippen LogP contribution in [0, 0.1) is 11.3 Å². The summed E-state index contributed by atoms with van der Waals surface area (Å²) < 4.78 is 45.0. The largest absolute Gasteiger partial charge is 0.497 e. The van der Waals surface area contributed by atoms with Gasteiger partial charge in [-0.1, -0.05) is 57.2 Å². The van der Waals surface area contributed by atoms with Crippen LogP contribution in [0.5, 0.6) is 11.5 Å². The maximum absolute atomic E-state index is 14.7. The number of benzene rings is 2. The summed E-state index contributed by atoms with van der Waals surface area (Å²) in [5.74, 6) is -1.59. The quantitative estimate of drug-likeness (QED) is 0.205. The minimum absolute atomic E-state index is 0.00827. The van der Waals surface area contributed by atoms with Crippen molar-refractivity contribution < 1.29 is 41.8 Å². The summed E-state index contributed by atoms with van der Waals surface area (Å²) in [5.41, 5.74) is -1.19. The zero-order chi connectivity index (χ0) is 41.7. The molecule has 2 aliphatic carbocycles. The number of hydrogen-bond donors (Lipinski definition) is 3. The van der Waals surface area contributed by atoms with Gasteiger partial charge in [0.1, 0.15) is 40.8 Å². The Morgan fingerprint density at radius 1 is 1.02 bits per heavy atom. The maximum atomic E-state index is 14.7. The van der Waals surface area contributed by atoms with Gasteiger partial charge in [0, 0.05) is 35.4 Å². The van der Waals surface area contributed by atoms with Gasteiger partial charge in [-0.25, -0.2) is 18.2 Å². The molecule has 1 unspecified atom stereocenters. The molecular weight excluding hydrogens is 751 g/mol. The van der Waals surface area contributed by atoms with Crippen molar-refractivity contribution in [1.29, 1.82) is 0 Å². The monoisotopic (exact) mass is 803 g/mol. The molecule has 4 amide bonds. The lowest BCUT2D eigenvalue weighted by atomic mass is 9.85. The molecular formula is C42H53N5O9S. The van der Waals surface area contributed by atoms with Crippen LogP contribution in [-0.2, 0) is 29.1 Å². The predicted molar refractivity (Wildman–Crippen MR) is 215 cm³/mol. The Bertz CT molecular complexity index is 2190. The van der Waals surface area contributed by atoms with Crippen molar-refractivity contribution in [3.8, 4) is 22.8 Å². The van der Waals surface area contributed by atoms with Crippen LogP contribution < -0.4 is 24.8 Å². The fourth-order valence-corrected chi connectivity index (χ4v) is 8.38. The second kappa shape index (κ2) is 15.0. The SMILES string of the molecule is C=CC1C[C@]1(NC(=O)[C@@H]1C[C@@H](Oc2cc(-c3ccccc3)nc3cc(OC)ccc23)CN1C(=O)[C@@H](NC(=O)OC(C)(C)C)C(C)(C)C)C(=O)NS(=O)(=O)C1(C)CC1. The summed E-state index contributed by atoms with van der Waals surface area (Å²) in [6.07, 6.45) is 0.929. The fourth-order valence-electron chi connectivity index (χ4n) is 7.07. The van der Waals surface area contributed by atoms with E-state index in [0.717, 1.165) is 5.56 Å². The van der Waals surface area contributed by atoms with Crippen LogP contribution in [0.15, 0.2) is 67.3 Å². The Balaban J connectivity index is 1.35. The van der Waals surface area contributed by atoms with Gasteiger partial charge in [0.15, 0.2) is 0 Å². The molecule has 306 valence electrons. The second-order valence-electron chi connectivity index (χ2n) is 17.6. The average molecular weight is 804 g/mol. The summed E-state index contributed by atoms with van der Waals surface area (Å²) in [6.45, 7) is 15.8. The van der Waals surface area contributed by atoms with E-state index in [1.807, 2.05) is 42.5 Å². The summed E-state index contributed by atoms with van der Waals surface area (Å²) in [6, 6.07) is 14.5. The first-order valence-corrected chi connectivity index (χ1v) is 20.6. The Labute approximate surface area is 334 Å². The van der Waals surface area contributed by atoms with Crippen LogP contribution in [-0.4, -0.2) is 89.8 Å². The molecule has 1 saturated heterocycles. The second-order valence-corrected chi connectivity index (χ2v) is 19.8. The van der Waals surface area contributed by atoms with E-state index in [9.17, 15) is 27.6 Å². The van der Waals surface area contributed by atoms with Crippen LogP contribution in [0.1, 0.15) is 74.1 Å². The van der Waals surface area contributed by atoms with Gasteiger partial charge >= 0.3 is 6.09 Å². The fraction of sp³-hybridized carbons (Fsp3) is 0.500. The molecule has 0 radical (unpaired) electrons. The van der Waals surface area contributed by atoms with Crippen LogP contribution in [0.2, 0.25) is 0 Å². The first-order valence-electron chi connectivity index (χ1n) is 19.1. The molecule has 3 N–H and O–H groups in total. The Morgan fingerprint density at radius 2 is 1.70 bits per heavy atom. The zero-order valence-electron chi connectivity index (χ0n) is 33.8. The number of pyridine rings is 1. The minimum atomic E-state index is -4.02. The van der Waals surface area contributed by atoms with Crippen molar-refractivity contribution >= 4 is 44.7 Å². The lowest BCUT2D eigenvalue weighted by Crippen LogP contribution is -2.60. The molecule has 2 aromatic carbocycles. The highest BCUT2D eigenvalue weighted by Gasteiger charge is 2.63. The topological polar surface area (TPSA) is 182 Å². The lowest BCUT2D eigenvalue weighted by molar-refractivity contribution is -0.143. The normalized spacial score (nSPS) is 23.2. The van der Waals surface area contributed by atoms with Gasteiger partial charge in [-0.3, -0.25) is 19.1 Å². The Kier molecular flexibility index (Phi) is 10.9. The van der Waals surface area contributed by atoms with Gasteiger partial charge in [0.2, 0.25) is 21.8 Å². The number of fused-ring (bicyclic) bond motifs is 1. The van der Waals surface area contributed by atoms with Crippen LogP contribution in [0.3, 0.4) is 0 Å². The smallest absolute Gasteiger partial charge is 0.408 e. The first kappa shape index (κ1) is 41.5. The van der Waals surface area contributed by atoms with Gasteiger partial charge in [0.25, 0.3) is 5.91 Å². The zero-order valence-corrected chi connectivity index (χ0v) is 34.6. The van der Waals surface area contributed by atoms with Crippen LogP contribution in [0.25, 0.3) is 22.2 Å². The first-order chi connectivity index (χ1) is 26.6. The molecule has 0 spiro atoms. The Morgan fingerprint density at radius 3 is 2.28 bits per heavy atom. The predicted octanol–water partition coefficient (Wildman–Crippen LogP) is 5.26. The van der Waals surface area contributed by atoms with Crippen molar-refractivity contribution in [2.45, 2.75) is 108 Å². The maximum Gasteiger partial charge on any atom is 0.408 e. The summed E-state index contributed by atoms with van der Waals surface area (Å²) in [4.78, 5) is 62.2. The number of nitrogens with one attached hydrogen (secondary N) is 3. The van der Waals surface area contributed by atoms with E-state index < -0.39 is 79.2 Å². The number of carbonyl (C=O) groups is 4. The van der Waals surface area contributed by atoms with E-state index in [1.165, 1.54) is 11.0 Å². The van der Waals surface area contributed by atoms with Crippen LogP contribution >= 0.6 is 0 Å². The number of carbonyl (C=O) groups excluding carboxylic acids is 4. The van der Waals surface area contributed by atoms with E-state index in [2.05, 4.69) is 21.9 Å². The molecule has 1 aromatic heterocycles. The molecule has 3 aromatic rings. The van der Waals surface area contributed by atoms with Crippen molar-refractivity contribution in [2.24, 2.45) is 11.3 Å². The third-order valence-corrected chi connectivity index (χ3v) is 13.0. The molecule has 15 heteroatoms. The van der Waals surface area contributed by atoms with Crippen molar-refractivity contribution in [1.82, 2.24) is 25.2 Å². The van der Waals surface area contributed by atoms with Gasteiger partial charge in [-0.2, -0.15) is 0 Å². The summed E-state index contributed by atoms with van der Waals surface area (Å²) in [7, 11) is -2.45. The highest BCUT2D eigenvalue weighted by atomic mass is 32.2. The van der Waals surface area contributed by atoms with Crippen molar-refractivity contribution in [3.63, 3.8) is 0 Å². The van der Waals surface area contributed by atoms with E-state index >= 15 is 0 Å². The molecule has 2 saturated carbocycles. The summed E-state index contributed by atoms with van der Waals surface area (Å²) >= 11 is 0. The number of rotatable bonds is 12. The molecule has 5 atom stereocenters. The van der Waals surface area contributed by atoms with Crippen molar-refractivity contribution in [3.05, 3.63) is 67.3 Å². The van der Waals surface area contributed by atoms with E-state index in [-0.39, 0.29) is 19.4 Å². The number of ether oxygens (including phenoxy) is 3. The van der Waals surface area contributed by atoms with E-state index in [4.69, 9.17) is 19.2 Å². The van der Waals surface area contributed by atoms with Crippen LogP contribution in [0.4, 0.5) is 4.79 Å². The van der Waals surface area contributed by atoms with Crippen molar-refractivity contribution in [2.75, 3.05) is 13.7 Å². The number of aromatic nitrogens is 1. The number of methoxy groups -OCH3 is 1. The number of likely N-dealkylation sites (tertiary alicyclic amines) is 1. The molecule has 2 heterocycles. The minimum Gasteiger partial charge on any atom is -0.497 e. The molecule has 3 aliphatic rings. The number of sulfonamides is 1. The summed E-state index contributed by atoms with van der Waals surface area (Å²) in [5, 5.41) is 6.23. The number of hydrogen-bond acceptors (Lipinski definition) is 10. The highest BCUT2D eigenvalue weighted by Crippen LogP contribution is 2.47. The molecule has 1 aliphatic heterocycles. The number of amides is 4. The molecule has 0 bridgehead atoms. The van der Waals surface area contributed by atoms with E-state index in [0.29, 0.717) is 40.9 Å². The van der Waals surface area contributed by atoms with Gasteiger partial charge < -0.3 is 29.7 Å². The molecule has 57 heavy (non-hydrogen) atoms. The standard InChI is InChI=1S/C42H53N5O9S/c1-10-26-23-42(26,37(50)46-57(52,53)41(8)18-19-41)45-35(48)32-21-28(24-47(32)36(49)34(39(2,3)4)44-38(51)56-40(5,6)7)55-33-22-30(25-14-12-11-13-15-25)43-31-20-27(54-9)16-17-29(31)33/h10-17,20,22,26,28,32,34H,1,18-19,21,23-24H2,2-9H3,(H,44,51)(H,45,48)(H,46,50)/t26?,28-,32+,34-,42-/m1/s1. The Hall–Kier alpha value is -5.18. The molecule has 14 nitrogen and oxygen atoms in total. The molecule has 6 rings (SSSR count). The van der Waals surface area contributed by atoms with Gasteiger partial charge in [-0.05, 0) is 64.5 Å². The highest BCUT2D eigenvalue weighted by molar-refractivity contribution is 7.91. The number of alkyl carbamates (subject to hydrolysis) is 1. The number of nitrogens with zero attached hydrogens (tertiary/aromatic N) is 2. The van der Waals surface area contributed by atoms with E-state index in [1.54, 1.807) is 67.7 Å².